The van der Waals surface area contributed by atoms with Crippen LogP contribution in [0.3, 0.4) is 0 Å². The first-order chi connectivity index (χ1) is 11.5. The average molecular weight is 322 g/mol. The maximum absolute atomic E-state index is 3.99. The predicted molar refractivity (Wildman–Crippen MR) is 110 cm³/mol. The van der Waals surface area contributed by atoms with Crippen LogP contribution in [-0.2, 0) is 0 Å². The normalized spacial score (nSPS) is 13.4. The van der Waals surface area contributed by atoms with Crippen LogP contribution in [0, 0.1) is 0 Å². The third-order valence-corrected chi connectivity index (χ3v) is 4.32. The van der Waals surface area contributed by atoms with Gasteiger partial charge in [-0.05, 0) is 55.0 Å². The number of hydrogen-bond acceptors (Lipinski definition) is 1. The molecule has 1 nitrogen and oxygen atoms in total. The summed E-state index contributed by atoms with van der Waals surface area (Å²) >= 11 is 0. The Morgan fingerprint density at radius 2 is 1.62 bits per heavy atom. The highest BCUT2D eigenvalue weighted by Crippen LogP contribution is 2.26. The lowest BCUT2D eigenvalue weighted by Crippen LogP contribution is -2.11. The van der Waals surface area contributed by atoms with E-state index in [2.05, 4.69) is 89.3 Å². The summed E-state index contributed by atoms with van der Waals surface area (Å²) in [6.45, 7) is 17.5. The Labute approximate surface area is 148 Å². The summed E-state index contributed by atoms with van der Waals surface area (Å²) in [7, 11) is 2.10. The molecular weight excluding hydrogens is 290 g/mol. The van der Waals surface area contributed by atoms with Gasteiger partial charge >= 0.3 is 0 Å². The van der Waals surface area contributed by atoms with Gasteiger partial charge in [0.25, 0.3) is 0 Å². The molecule has 128 valence electrons. The molecule has 0 N–H and O–H groups in total. The van der Waals surface area contributed by atoms with E-state index in [1.165, 1.54) is 27.8 Å². The Hall–Kier alpha value is -2.28. The Bertz CT molecular complexity index is 654. The second-order valence-corrected chi connectivity index (χ2v) is 6.06. The van der Waals surface area contributed by atoms with Gasteiger partial charge in [-0.1, -0.05) is 68.1 Å². The van der Waals surface area contributed by atoms with Crippen LogP contribution in [0.15, 0.2) is 73.0 Å². The molecule has 0 heterocycles. The molecule has 0 bridgehead atoms. The summed E-state index contributed by atoms with van der Waals surface area (Å²) in [6, 6.07) is 8.64. The van der Waals surface area contributed by atoms with E-state index in [1.807, 2.05) is 12.2 Å². The van der Waals surface area contributed by atoms with E-state index in [-0.39, 0.29) is 0 Å². The van der Waals surface area contributed by atoms with Crippen LogP contribution < -0.4 is 0 Å². The quantitative estimate of drug-likeness (QED) is 0.495. The van der Waals surface area contributed by atoms with Gasteiger partial charge in [-0.15, -0.1) is 0 Å². The maximum Gasteiger partial charge on any atom is 0.0166 e. The van der Waals surface area contributed by atoms with E-state index in [0.717, 1.165) is 18.5 Å². The van der Waals surface area contributed by atoms with E-state index < -0.39 is 0 Å². The molecule has 0 unspecified atom stereocenters. The Morgan fingerprint density at radius 3 is 2.08 bits per heavy atom. The monoisotopic (exact) mass is 321 g/mol. The van der Waals surface area contributed by atoms with E-state index >= 15 is 0 Å². The van der Waals surface area contributed by atoms with Gasteiger partial charge in [0.05, 0.1) is 0 Å². The summed E-state index contributed by atoms with van der Waals surface area (Å²) in [5, 5.41) is 0. The fourth-order valence-electron chi connectivity index (χ4n) is 2.66. The van der Waals surface area contributed by atoms with Gasteiger partial charge in [0, 0.05) is 19.8 Å². The van der Waals surface area contributed by atoms with E-state index in [4.69, 9.17) is 0 Å². The van der Waals surface area contributed by atoms with Crippen LogP contribution in [0.5, 0.6) is 0 Å². The summed E-state index contributed by atoms with van der Waals surface area (Å²) in [4.78, 5) is 2.21. The topological polar surface area (TPSA) is 3.24 Å². The van der Waals surface area contributed by atoms with E-state index in [1.54, 1.807) is 0 Å². The largest absolute Gasteiger partial charge is 0.380 e. The molecule has 0 aliphatic carbocycles. The molecule has 1 rings (SSSR count). The Balaban J connectivity index is 3.20. The molecule has 24 heavy (non-hydrogen) atoms. The van der Waals surface area contributed by atoms with Crippen LogP contribution in [0.25, 0.3) is 11.1 Å². The third kappa shape index (κ3) is 5.13. The fraction of sp³-hybridized carbons (Fsp3) is 0.304. The summed E-state index contributed by atoms with van der Waals surface area (Å²) in [6.07, 6.45) is 9.28. The van der Waals surface area contributed by atoms with Crippen molar-refractivity contribution in [2.24, 2.45) is 0 Å². The van der Waals surface area contributed by atoms with Crippen LogP contribution in [0.2, 0.25) is 0 Å². The molecule has 0 aliphatic rings. The van der Waals surface area contributed by atoms with Crippen LogP contribution >= 0.6 is 0 Å². The molecule has 0 aliphatic heterocycles. The summed E-state index contributed by atoms with van der Waals surface area (Å²) in [5.41, 5.74) is 7.25. The number of allylic oxidation sites excluding steroid dienone is 7. The summed E-state index contributed by atoms with van der Waals surface area (Å²) < 4.78 is 0. The first kappa shape index (κ1) is 19.8. The van der Waals surface area contributed by atoms with Gasteiger partial charge in [0.1, 0.15) is 0 Å². The molecular formula is C23H31N. The lowest BCUT2D eigenvalue weighted by atomic mass is 9.94. The molecule has 1 aromatic rings. The molecule has 0 saturated heterocycles. The zero-order chi connectivity index (χ0) is 18.1. The molecule has 0 radical (unpaired) electrons. The molecule has 1 aromatic carbocycles. The van der Waals surface area contributed by atoms with Crippen LogP contribution in [0.4, 0.5) is 0 Å². The lowest BCUT2D eigenvalue weighted by Gasteiger charge is -2.15. The Morgan fingerprint density at radius 1 is 1.04 bits per heavy atom. The van der Waals surface area contributed by atoms with Crippen molar-refractivity contribution in [1.82, 2.24) is 4.90 Å². The highest BCUT2D eigenvalue weighted by Gasteiger charge is 2.05. The van der Waals surface area contributed by atoms with Gasteiger partial charge in [0.15, 0.2) is 0 Å². The first-order valence-corrected chi connectivity index (χ1v) is 8.60. The van der Waals surface area contributed by atoms with Gasteiger partial charge in [0.2, 0.25) is 0 Å². The van der Waals surface area contributed by atoms with Crippen LogP contribution in [0.1, 0.15) is 45.2 Å². The zero-order valence-corrected chi connectivity index (χ0v) is 15.9. The fourth-order valence-corrected chi connectivity index (χ4v) is 2.66. The minimum atomic E-state index is 1.04. The lowest BCUT2D eigenvalue weighted by molar-refractivity contribution is 0.456. The van der Waals surface area contributed by atoms with Crippen LogP contribution in [-0.4, -0.2) is 18.5 Å². The number of nitrogens with zero attached hydrogens (tertiary/aromatic N) is 1. The molecule has 0 aromatic heterocycles. The minimum Gasteiger partial charge on any atom is -0.380 e. The highest BCUT2D eigenvalue weighted by atomic mass is 15.1. The third-order valence-electron chi connectivity index (χ3n) is 4.32. The SMILES string of the molecule is C=C/C(=C\N(C)CCC)c1ccc(/C(C=C)=C(C)/C(C)=C\C)cc1. The van der Waals surface area contributed by atoms with Gasteiger partial charge in [-0.25, -0.2) is 0 Å². The van der Waals surface area contributed by atoms with Gasteiger partial charge in [-0.2, -0.15) is 0 Å². The first-order valence-electron chi connectivity index (χ1n) is 8.60. The smallest absolute Gasteiger partial charge is 0.0166 e. The molecule has 0 saturated carbocycles. The molecule has 0 atom stereocenters. The highest BCUT2D eigenvalue weighted by molar-refractivity contribution is 5.80. The van der Waals surface area contributed by atoms with Crippen molar-refractivity contribution < 1.29 is 0 Å². The Kier molecular flexibility index (Phi) is 8.05. The number of hydrogen-bond donors (Lipinski definition) is 0. The maximum atomic E-state index is 3.99. The molecule has 0 fully saturated rings. The van der Waals surface area contributed by atoms with Crippen molar-refractivity contribution in [1.29, 1.82) is 0 Å². The zero-order valence-electron chi connectivity index (χ0n) is 15.9. The second-order valence-electron chi connectivity index (χ2n) is 6.06. The van der Waals surface area contributed by atoms with E-state index in [9.17, 15) is 0 Å². The van der Waals surface area contributed by atoms with Crippen molar-refractivity contribution >= 4 is 11.1 Å². The van der Waals surface area contributed by atoms with Crippen molar-refractivity contribution in [3.05, 3.63) is 84.1 Å². The van der Waals surface area contributed by atoms with Gasteiger partial charge < -0.3 is 4.90 Å². The molecule has 0 spiro atoms. The predicted octanol–water partition coefficient (Wildman–Crippen LogP) is 6.48. The standard InChI is InChI=1S/C23H31N/c1-8-16-24(7)17-20(10-3)21-12-14-22(15-13-21)23(11-4)19(6)18(5)9-2/h9-15,17H,3-4,8,16H2,1-2,5-7H3/b18-9-,20-17+,23-19+. The molecule has 0 amide bonds. The second kappa shape index (κ2) is 9.77. The van der Waals surface area contributed by atoms with Crippen molar-refractivity contribution in [2.45, 2.75) is 34.1 Å². The van der Waals surface area contributed by atoms with Crippen molar-refractivity contribution in [2.75, 3.05) is 13.6 Å². The van der Waals surface area contributed by atoms with Crippen molar-refractivity contribution in [3.8, 4) is 0 Å². The van der Waals surface area contributed by atoms with Crippen molar-refractivity contribution in [3.63, 3.8) is 0 Å². The number of rotatable bonds is 8. The summed E-state index contributed by atoms with van der Waals surface area (Å²) in [5.74, 6) is 0. The van der Waals surface area contributed by atoms with Gasteiger partial charge in [-0.3, -0.25) is 0 Å². The molecule has 1 heteroatoms. The average Bonchev–Trinajstić information content (AvgIpc) is 2.60. The minimum absolute atomic E-state index is 1.04. The number of benzene rings is 1. The van der Waals surface area contributed by atoms with E-state index in [0.29, 0.717) is 0 Å².